The minimum absolute atomic E-state index is 0.0191. The van der Waals surface area contributed by atoms with Crippen molar-refractivity contribution in [3.05, 3.63) is 49.1 Å². The van der Waals surface area contributed by atoms with Crippen molar-refractivity contribution >= 4 is 28.5 Å². The molecule has 0 saturated heterocycles. The second-order valence-electron chi connectivity index (χ2n) is 5.09. The second kappa shape index (κ2) is 7.50. The maximum absolute atomic E-state index is 12.5. The molecule has 126 valence electrons. The van der Waals surface area contributed by atoms with E-state index >= 15 is 0 Å². The van der Waals surface area contributed by atoms with Gasteiger partial charge >= 0.3 is 12.1 Å². The van der Waals surface area contributed by atoms with Crippen LogP contribution in [0.25, 0.3) is 10.8 Å². The summed E-state index contributed by atoms with van der Waals surface area (Å²) >= 11 is 0. The number of rotatable bonds is 6. The van der Waals surface area contributed by atoms with Gasteiger partial charge in [0.15, 0.2) is 0 Å². The largest absolute Gasteiger partial charge is 0.495 e. The van der Waals surface area contributed by atoms with Crippen LogP contribution in [0.15, 0.2) is 49.1 Å². The first-order chi connectivity index (χ1) is 11.5. The number of amides is 1. The van der Waals surface area contributed by atoms with Crippen molar-refractivity contribution in [2.45, 2.75) is 13.0 Å². The van der Waals surface area contributed by atoms with Gasteiger partial charge in [0.05, 0.1) is 12.8 Å². The number of anilines is 1. The molecule has 0 aromatic heterocycles. The Morgan fingerprint density at radius 3 is 2.62 bits per heavy atom. The summed E-state index contributed by atoms with van der Waals surface area (Å²) in [6.07, 6.45) is 0.640. The molecule has 0 aliphatic rings. The number of ether oxygens (including phenoxy) is 2. The molecule has 0 fully saturated rings. The summed E-state index contributed by atoms with van der Waals surface area (Å²) < 4.78 is 10.4. The van der Waals surface area contributed by atoms with Crippen molar-refractivity contribution in [2.75, 3.05) is 18.6 Å². The molecule has 0 saturated carbocycles. The Kier molecular flexibility index (Phi) is 5.42. The van der Waals surface area contributed by atoms with E-state index in [1.54, 1.807) is 12.1 Å². The zero-order valence-corrected chi connectivity index (χ0v) is 13.6. The first-order valence-electron chi connectivity index (χ1n) is 7.36. The fourth-order valence-electron chi connectivity index (χ4n) is 2.40. The van der Waals surface area contributed by atoms with E-state index < -0.39 is 18.1 Å². The first kappa shape index (κ1) is 17.3. The number of methoxy groups -OCH3 is 1. The molecule has 0 aliphatic carbocycles. The number of fused-ring (bicyclic) bond motifs is 1. The van der Waals surface area contributed by atoms with E-state index in [1.165, 1.54) is 20.1 Å². The van der Waals surface area contributed by atoms with Gasteiger partial charge in [-0.3, -0.25) is 4.90 Å². The number of nitrogens with zero attached hydrogens (tertiary/aromatic N) is 1. The monoisotopic (exact) mass is 329 g/mol. The molecule has 2 rings (SSSR count). The molecule has 1 amide bonds. The minimum Gasteiger partial charge on any atom is -0.495 e. The highest BCUT2D eigenvalue weighted by Gasteiger charge is 2.32. The Labute approximate surface area is 139 Å². The Morgan fingerprint density at radius 2 is 2.00 bits per heavy atom. The third-order valence-corrected chi connectivity index (χ3v) is 3.59. The summed E-state index contributed by atoms with van der Waals surface area (Å²) in [5.74, 6) is -0.766. The molecular formula is C18H19NO5. The van der Waals surface area contributed by atoms with Crippen LogP contribution in [0.1, 0.15) is 6.92 Å². The van der Waals surface area contributed by atoms with Gasteiger partial charge in [-0.15, -0.1) is 0 Å². The lowest BCUT2D eigenvalue weighted by atomic mass is 10.1. The van der Waals surface area contributed by atoms with Crippen LogP contribution in [0, 0.1) is 0 Å². The standard InChI is InChI=1S/C18H19NO5/c1-4-11-24-18(22)19(12(2)17(20)21)16-14-8-6-5-7-13(14)9-10-15(16)23-3/h4-10,12H,1,11H2,2-3H3,(H,20,21)/t12-/m0/s1. The second-order valence-corrected chi connectivity index (χ2v) is 5.09. The summed E-state index contributed by atoms with van der Waals surface area (Å²) in [5, 5.41) is 11.0. The molecule has 1 N–H and O–H groups in total. The number of carboxylic acid groups (broad SMARTS) is 1. The van der Waals surface area contributed by atoms with E-state index in [0.717, 1.165) is 10.3 Å². The molecule has 0 unspecified atom stereocenters. The summed E-state index contributed by atoms with van der Waals surface area (Å²) in [5.41, 5.74) is 0.361. The minimum atomic E-state index is -1.15. The summed E-state index contributed by atoms with van der Waals surface area (Å²) in [4.78, 5) is 25.1. The van der Waals surface area contributed by atoms with Gasteiger partial charge in [-0.05, 0) is 18.4 Å². The van der Waals surface area contributed by atoms with E-state index in [2.05, 4.69) is 6.58 Å². The van der Waals surface area contributed by atoms with Crippen LogP contribution in [-0.4, -0.2) is 36.9 Å². The number of aliphatic carboxylic acids is 1. The highest BCUT2D eigenvalue weighted by molar-refractivity contribution is 6.07. The lowest BCUT2D eigenvalue weighted by Gasteiger charge is -2.28. The van der Waals surface area contributed by atoms with Gasteiger partial charge in [-0.1, -0.05) is 43.0 Å². The summed E-state index contributed by atoms with van der Waals surface area (Å²) in [6.45, 7) is 4.89. The molecule has 1 atom stereocenters. The Balaban J connectivity index is 2.68. The molecular weight excluding hydrogens is 310 g/mol. The van der Waals surface area contributed by atoms with Crippen molar-refractivity contribution in [3.8, 4) is 5.75 Å². The van der Waals surface area contributed by atoms with Crippen LogP contribution in [0.4, 0.5) is 10.5 Å². The molecule has 0 heterocycles. The molecule has 0 aliphatic heterocycles. The van der Waals surface area contributed by atoms with Gasteiger partial charge in [0.1, 0.15) is 18.4 Å². The van der Waals surface area contributed by atoms with Crippen molar-refractivity contribution in [1.82, 2.24) is 0 Å². The summed E-state index contributed by atoms with van der Waals surface area (Å²) in [6, 6.07) is 9.74. The molecule has 0 spiro atoms. The van der Waals surface area contributed by atoms with Crippen LogP contribution in [-0.2, 0) is 9.53 Å². The fraction of sp³-hybridized carbons (Fsp3) is 0.222. The number of carbonyl (C=O) groups excluding carboxylic acids is 1. The van der Waals surface area contributed by atoms with Crippen molar-refractivity contribution in [1.29, 1.82) is 0 Å². The number of benzene rings is 2. The molecule has 24 heavy (non-hydrogen) atoms. The fourth-order valence-corrected chi connectivity index (χ4v) is 2.40. The van der Waals surface area contributed by atoms with E-state index in [9.17, 15) is 14.7 Å². The predicted octanol–water partition coefficient (Wildman–Crippen LogP) is 3.45. The zero-order chi connectivity index (χ0) is 17.7. The lowest BCUT2D eigenvalue weighted by molar-refractivity contribution is -0.138. The topological polar surface area (TPSA) is 76.1 Å². The number of carbonyl (C=O) groups is 2. The smallest absolute Gasteiger partial charge is 0.415 e. The lowest BCUT2D eigenvalue weighted by Crippen LogP contribution is -2.44. The third kappa shape index (κ3) is 3.32. The third-order valence-electron chi connectivity index (χ3n) is 3.59. The van der Waals surface area contributed by atoms with Crippen LogP contribution in [0.5, 0.6) is 5.75 Å². The van der Waals surface area contributed by atoms with Gasteiger partial charge in [-0.2, -0.15) is 0 Å². The van der Waals surface area contributed by atoms with E-state index in [-0.39, 0.29) is 6.61 Å². The molecule has 6 nitrogen and oxygen atoms in total. The molecule has 2 aromatic carbocycles. The number of hydrogen-bond donors (Lipinski definition) is 1. The number of hydrogen-bond acceptors (Lipinski definition) is 4. The van der Waals surface area contributed by atoms with Crippen LogP contribution >= 0.6 is 0 Å². The SMILES string of the molecule is C=CCOC(=O)N(c1c(OC)ccc2ccccc12)[C@@H](C)C(=O)O. The van der Waals surface area contributed by atoms with Gasteiger partial charge in [0.2, 0.25) is 0 Å². The van der Waals surface area contributed by atoms with Crippen LogP contribution in [0.3, 0.4) is 0 Å². The predicted molar refractivity (Wildman–Crippen MR) is 91.6 cm³/mol. The molecule has 0 bridgehead atoms. The van der Waals surface area contributed by atoms with Gasteiger partial charge in [0.25, 0.3) is 0 Å². The van der Waals surface area contributed by atoms with Gasteiger partial charge in [-0.25, -0.2) is 9.59 Å². The van der Waals surface area contributed by atoms with E-state index in [1.807, 2.05) is 24.3 Å². The molecule has 2 aromatic rings. The maximum Gasteiger partial charge on any atom is 0.415 e. The van der Waals surface area contributed by atoms with Crippen molar-refractivity contribution < 1.29 is 24.2 Å². The summed E-state index contributed by atoms with van der Waals surface area (Å²) in [7, 11) is 1.46. The average Bonchev–Trinajstić information content (AvgIpc) is 2.59. The Bertz CT molecular complexity index is 771. The maximum atomic E-state index is 12.5. The number of carboxylic acids is 1. The Morgan fingerprint density at radius 1 is 1.29 bits per heavy atom. The first-order valence-corrected chi connectivity index (χ1v) is 7.36. The quantitative estimate of drug-likeness (QED) is 0.822. The Hall–Kier alpha value is -3.02. The zero-order valence-electron chi connectivity index (χ0n) is 13.6. The van der Waals surface area contributed by atoms with Crippen molar-refractivity contribution in [2.24, 2.45) is 0 Å². The van der Waals surface area contributed by atoms with Crippen LogP contribution in [0.2, 0.25) is 0 Å². The molecule has 6 heteroatoms. The van der Waals surface area contributed by atoms with Gasteiger partial charge < -0.3 is 14.6 Å². The molecule has 0 radical (unpaired) electrons. The van der Waals surface area contributed by atoms with Crippen molar-refractivity contribution in [3.63, 3.8) is 0 Å². The van der Waals surface area contributed by atoms with E-state index in [4.69, 9.17) is 9.47 Å². The highest BCUT2D eigenvalue weighted by Crippen LogP contribution is 2.37. The average molecular weight is 329 g/mol. The normalized spacial score (nSPS) is 11.6. The van der Waals surface area contributed by atoms with E-state index in [0.29, 0.717) is 16.8 Å². The van der Waals surface area contributed by atoms with Crippen LogP contribution < -0.4 is 9.64 Å². The van der Waals surface area contributed by atoms with Gasteiger partial charge in [0, 0.05) is 5.39 Å². The highest BCUT2D eigenvalue weighted by atomic mass is 16.6.